The maximum atomic E-state index is 13.2. The molecule has 2 amide bonds. The van der Waals surface area contributed by atoms with Crippen LogP contribution in [0, 0.1) is 16.0 Å². The minimum Gasteiger partial charge on any atom is -0.354 e. The van der Waals surface area contributed by atoms with Crippen molar-refractivity contribution in [1.29, 1.82) is 0 Å². The number of nitrogens with zero attached hydrogens (tertiary/aromatic N) is 2. The van der Waals surface area contributed by atoms with Crippen molar-refractivity contribution in [2.75, 3.05) is 6.54 Å². The lowest BCUT2D eigenvalue weighted by Crippen LogP contribution is -2.48. The third-order valence-corrected chi connectivity index (χ3v) is 5.32. The summed E-state index contributed by atoms with van der Waals surface area (Å²) in [6.07, 6.45) is -0.218. The predicted molar refractivity (Wildman–Crippen MR) is 121 cm³/mol. The van der Waals surface area contributed by atoms with Gasteiger partial charge in [0.25, 0.3) is 5.69 Å². The molecule has 2 rings (SSSR count). The largest absolute Gasteiger partial charge is 0.354 e. The number of nitro groups is 1. The van der Waals surface area contributed by atoms with Gasteiger partial charge >= 0.3 is 0 Å². The normalized spacial score (nSPS) is 11.8. The standard InChI is InChI=1S/C22H25Cl2N3O4/c1-14(2)12-25-22(29)15(3)26(13-17-8-9-18(23)11-19(17)24)21(28)10-16-6-4-5-7-20(16)27(30)31/h4-9,11,14-15H,10,12-13H2,1-3H3,(H,25,29)/t15-/m1/s1. The fourth-order valence-corrected chi connectivity index (χ4v) is 3.44. The molecule has 0 aliphatic rings. The molecular weight excluding hydrogens is 441 g/mol. The van der Waals surface area contributed by atoms with E-state index in [0.717, 1.165) is 0 Å². The van der Waals surface area contributed by atoms with Crippen molar-refractivity contribution < 1.29 is 14.5 Å². The molecule has 2 aromatic carbocycles. The zero-order chi connectivity index (χ0) is 23.1. The molecule has 0 unspecified atom stereocenters. The van der Waals surface area contributed by atoms with Crippen molar-refractivity contribution >= 4 is 40.7 Å². The van der Waals surface area contributed by atoms with Gasteiger partial charge in [0.2, 0.25) is 11.8 Å². The van der Waals surface area contributed by atoms with Gasteiger partial charge in [0, 0.05) is 34.8 Å². The lowest BCUT2D eigenvalue weighted by atomic mass is 10.1. The Morgan fingerprint density at radius 1 is 1.10 bits per heavy atom. The molecular formula is C22H25Cl2N3O4. The lowest BCUT2D eigenvalue weighted by Gasteiger charge is -2.29. The highest BCUT2D eigenvalue weighted by Crippen LogP contribution is 2.25. The van der Waals surface area contributed by atoms with Crippen LogP contribution in [0.5, 0.6) is 0 Å². The van der Waals surface area contributed by atoms with E-state index in [9.17, 15) is 19.7 Å². The molecule has 0 bridgehead atoms. The highest BCUT2D eigenvalue weighted by atomic mass is 35.5. The van der Waals surface area contributed by atoms with E-state index in [-0.39, 0.29) is 36.0 Å². The molecule has 7 nitrogen and oxygen atoms in total. The van der Waals surface area contributed by atoms with E-state index in [1.807, 2.05) is 13.8 Å². The Labute approximate surface area is 191 Å². The smallest absolute Gasteiger partial charge is 0.273 e. The molecule has 0 aromatic heterocycles. The molecule has 0 saturated heterocycles. The van der Waals surface area contributed by atoms with Crippen LogP contribution >= 0.6 is 23.2 Å². The molecule has 1 atom stereocenters. The summed E-state index contributed by atoms with van der Waals surface area (Å²) in [5, 5.41) is 15.0. The molecule has 0 aliphatic carbocycles. The minimum absolute atomic E-state index is 0.0612. The second-order valence-electron chi connectivity index (χ2n) is 7.63. The molecule has 0 heterocycles. The Hall–Kier alpha value is -2.64. The number of nitro benzene ring substituents is 1. The van der Waals surface area contributed by atoms with Gasteiger partial charge in [0.1, 0.15) is 6.04 Å². The number of carbonyl (C=O) groups is 2. The van der Waals surface area contributed by atoms with Crippen molar-refractivity contribution in [2.45, 2.75) is 39.8 Å². The monoisotopic (exact) mass is 465 g/mol. The average Bonchev–Trinajstić information content (AvgIpc) is 2.71. The summed E-state index contributed by atoms with van der Waals surface area (Å²) in [6.45, 7) is 6.09. The highest BCUT2D eigenvalue weighted by molar-refractivity contribution is 6.35. The van der Waals surface area contributed by atoms with E-state index in [1.54, 1.807) is 37.3 Å². The number of hydrogen-bond donors (Lipinski definition) is 1. The van der Waals surface area contributed by atoms with E-state index in [0.29, 0.717) is 22.2 Å². The molecule has 0 spiro atoms. The first-order valence-electron chi connectivity index (χ1n) is 9.83. The number of hydrogen-bond acceptors (Lipinski definition) is 4. The van der Waals surface area contributed by atoms with Gasteiger partial charge in [-0.2, -0.15) is 0 Å². The highest BCUT2D eigenvalue weighted by Gasteiger charge is 2.28. The van der Waals surface area contributed by atoms with Crippen LogP contribution < -0.4 is 5.32 Å². The van der Waals surface area contributed by atoms with Crippen molar-refractivity contribution in [1.82, 2.24) is 10.2 Å². The number of para-hydroxylation sites is 1. The third kappa shape index (κ3) is 6.94. The van der Waals surface area contributed by atoms with E-state index < -0.39 is 16.9 Å². The fourth-order valence-electron chi connectivity index (χ4n) is 2.97. The second kappa shape index (κ2) is 11.1. The Morgan fingerprint density at radius 3 is 2.39 bits per heavy atom. The number of amides is 2. The number of halogens is 2. The Kier molecular flexibility index (Phi) is 8.83. The van der Waals surface area contributed by atoms with Crippen LogP contribution in [0.1, 0.15) is 31.9 Å². The topological polar surface area (TPSA) is 92.6 Å². The van der Waals surface area contributed by atoms with Crippen LogP contribution in [0.3, 0.4) is 0 Å². The first kappa shape index (κ1) is 24.6. The molecule has 31 heavy (non-hydrogen) atoms. The third-order valence-electron chi connectivity index (χ3n) is 4.74. The summed E-state index contributed by atoms with van der Waals surface area (Å²) < 4.78 is 0. The predicted octanol–water partition coefficient (Wildman–Crippen LogP) is 4.63. The van der Waals surface area contributed by atoms with Gasteiger partial charge in [-0.3, -0.25) is 19.7 Å². The molecule has 1 N–H and O–H groups in total. The van der Waals surface area contributed by atoms with Crippen LogP contribution in [-0.4, -0.2) is 34.2 Å². The van der Waals surface area contributed by atoms with E-state index in [4.69, 9.17) is 23.2 Å². The maximum Gasteiger partial charge on any atom is 0.273 e. The van der Waals surface area contributed by atoms with Crippen molar-refractivity contribution in [2.24, 2.45) is 5.92 Å². The van der Waals surface area contributed by atoms with Gasteiger partial charge < -0.3 is 10.2 Å². The SMILES string of the molecule is CC(C)CNC(=O)[C@@H](C)N(Cc1ccc(Cl)cc1Cl)C(=O)Cc1ccccc1[N+](=O)[O-]. The van der Waals surface area contributed by atoms with E-state index in [2.05, 4.69) is 5.32 Å². The van der Waals surface area contributed by atoms with Gasteiger partial charge in [-0.1, -0.05) is 61.3 Å². The van der Waals surface area contributed by atoms with Gasteiger partial charge in [0.05, 0.1) is 11.3 Å². The molecule has 2 aromatic rings. The lowest BCUT2D eigenvalue weighted by molar-refractivity contribution is -0.385. The van der Waals surface area contributed by atoms with Crippen molar-refractivity contribution in [3.05, 3.63) is 73.8 Å². The summed E-state index contributed by atoms with van der Waals surface area (Å²) in [6, 6.07) is 10.2. The van der Waals surface area contributed by atoms with Crippen LogP contribution in [0.15, 0.2) is 42.5 Å². The summed E-state index contributed by atoms with van der Waals surface area (Å²) in [5.74, 6) is -0.486. The van der Waals surface area contributed by atoms with Gasteiger partial charge in [-0.25, -0.2) is 0 Å². The minimum atomic E-state index is -0.805. The first-order chi connectivity index (χ1) is 14.6. The van der Waals surface area contributed by atoms with E-state index >= 15 is 0 Å². The van der Waals surface area contributed by atoms with E-state index in [1.165, 1.54) is 17.0 Å². The summed E-state index contributed by atoms with van der Waals surface area (Å²) in [7, 11) is 0. The summed E-state index contributed by atoms with van der Waals surface area (Å²) >= 11 is 12.2. The van der Waals surface area contributed by atoms with Crippen LogP contribution in [0.2, 0.25) is 10.0 Å². The number of rotatable bonds is 9. The zero-order valence-electron chi connectivity index (χ0n) is 17.6. The van der Waals surface area contributed by atoms with Gasteiger partial charge in [0.15, 0.2) is 0 Å². The summed E-state index contributed by atoms with van der Waals surface area (Å²) in [5.41, 5.74) is 0.752. The fraction of sp³-hybridized carbons (Fsp3) is 0.364. The maximum absolute atomic E-state index is 13.2. The molecule has 0 aliphatic heterocycles. The van der Waals surface area contributed by atoms with Gasteiger partial charge in [-0.05, 0) is 30.5 Å². The van der Waals surface area contributed by atoms with Gasteiger partial charge in [-0.15, -0.1) is 0 Å². The number of nitrogens with one attached hydrogen (secondary N) is 1. The van der Waals surface area contributed by atoms with Crippen molar-refractivity contribution in [3.8, 4) is 0 Å². The molecule has 166 valence electrons. The number of carbonyl (C=O) groups excluding carboxylic acids is 2. The zero-order valence-corrected chi connectivity index (χ0v) is 19.1. The first-order valence-corrected chi connectivity index (χ1v) is 10.6. The molecule has 0 saturated carbocycles. The van der Waals surface area contributed by atoms with Crippen molar-refractivity contribution in [3.63, 3.8) is 0 Å². The Bertz CT molecular complexity index is 966. The summed E-state index contributed by atoms with van der Waals surface area (Å²) in [4.78, 5) is 38.1. The van der Waals surface area contributed by atoms with Crippen LogP contribution in [-0.2, 0) is 22.6 Å². The van der Waals surface area contributed by atoms with Crippen LogP contribution in [0.25, 0.3) is 0 Å². The van der Waals surface area contributed by atoms with Crippen LogP contribution in [0.4, 0.5) is 5.69 Å². The second-order valence-corrected chi connectivity index (χ2v) is 8.48. The quantitative estimate of drug-likeness (QED) is 0.431. The Balaban J connectivity index is 2.32. The molecule has 0 fully saturated rings. The number of benzene rings is 2. The average molecular weight is 466 g/mol. The Morgan fingerprint density at radius 2 is 1.77 bits per heavy atom. The molecule has 0 radical (unpaired) electrons. The molecule has 9 heteroatoms.